The van der Waals surface area contributed by atoms with Crippen LogP contribution in [-0.4, -0.2) is 5.78 Å². The first kappa shape index (κ1) is 9.72. The number of Topliss-reactive ketones (excluding diaryl/α,β-unsaturated/α-hetero) is 1. The van der Waals surface area contributed by atoms with Crippen molar-refractivity contribution in [2.24, 2.45) is 0 Å². The molecule has 1 heteroatoms. The van der Waals surface area contributed by atoms with E-state index in [4.69, 9.17) is 0 Å². The Bertz CT molecular complexity index is 309. The molecule has 0 saturated heterocycles. The third kappa shape index (κ3) is 2.55. The molecule has 0 aliphatic rings. The van der Waals surface area contributed by atoms with Gasteiger partial charge in [0.1, 0.15) is 0 Å². The lowest BCUT2D eigenvalue weighted by molar-refractivity contribution is 0.103. The number of hydrogen-bond donors (Lipinski definition) is 0. The highest BCUT2D eigenvalue weighted by molar-refractivity contribution is 6.08. The zero-order valence-electron chi connectivity index (χ0n) is 8.08. The summed E-state index contributed by atoms with van der Waals surface area (Å²) in [6.07, 6.45) is 2.86. The second-order valence-corrected chi connectivity index (χ2v) is 2.99. The number of carbonyl (C=O) groups is 1. The standard InChI is InChI=1S/C12H14O/c1-3-7-10(2)12(13)11-8-5-4-6-9-11/h4-9H,3H2,1-2H3. The van der Waals surface area contributed by atoms with Gasteiger partial charge in [-0.1, -0.05) is 43.3 Å². The van der Waals surface area contributed by atoms with E-state index in [9.17, 15) is 4.79 Å². The van der Waals surface area contributed by atoms with Crippen molar-refractivity contribution in [3.63, 3.8) is 0 Å². The van der Waals surface area contributed by atoms with E-state index in [0.29, 0.717) is 0 Å². The summed E-state index contributed by atoms with van der Waals surface area (Å²) in [7, 11) is 0. The summed E-state index contributed by atoms with van der Waals surface area (Å²) >= 11 is 0. The number of carbonyl (C=O) groups excluding carboxylic acids is 1. The van der Waals surface area contributed by atoms with Crippen LogP contribution in [-0.2, 0) is 0 Å². The Morgan fingerprint density at radius 1 is 1.31 bits per heavy atom. The Morgan fingerprint density at radius 2 is 1.92 bits per heavy atom. The van der Waals surface area contributed by atoms with Crippen LogP contribution < -0.4 is 0 Å². The average molecular weight is 174 g/mol. The van der Waals surface area contributed by atoms with E-state index in [1.54, 1.807) is 0 Å². The summed E-state index contributed by atoms with van der Waals surface area (Å²) in [6.45, 7) is 3.89. The minimum Gasteiger partial charge on any atom is -0.289 e. The van der Waals surface area contributed by atoms with Gasteiger partial charge in [0.05, 0.1) is 0 Å². The SMILES string of the molecule is CCC=C(C)C(=O)c1ccccc1. The van der Waals surface area contributed by atoms with Crippen LogP contribution in [0.15, 0.2) is 42.0 Å². The molecule has 0 unspecified atom stereocenters. The summed E-state index contributed by atoms with van der Waals surface area (Å²) in [6, 6.07) is 9.36. The highest BCUT2D eigenvalue weighted by Crippen LogP contribution is 2.07. The van der Waals surface area contributed by atoms with Crippen molar-refractivity contribution in [1.29, 1.82) is 0 Å². The largest absolute Gasteiger partial charge is 0.289 e. The summed E-state index contributed by atoms with van der Waals surface area (Å²) in [5.41, 5.74) is 1.60. The third-order valence-corrected chi connectivity index (χ3v) is 1.90. The number of hydrogen-bond acceptors (Lipinski definition) is 1. The number of rotatable bonds is 3. The van der Waals surface area contributed by atoms with Crippen LogP contribution in [0.5, 0.6) is 0 Å². The van der Waals surface area contributed by atoms with Gasteiger partial charge in [0.2, 0.25) is 0 Å². The van der Waals surface area contributed by atoms with E-state index in [1.165, 1.54) is 0 Å². The van der Waals surface area contributed by atoms with Gasteiger partial charge in [0, 0.05) is 5.56 Å². The van der Waals surface area contributed by atoms with E-state index < -0.39 is 0 Å². The van der Waals surface area contributed by atoms with Crippen LogP contribution in [0.4, 0.5) is 0 Å². The molecule has 0 atom stereocenters. The third-order valence-electron chi connectivity index (χ3n) is 1.90. The Morgan fingerprint density at radius 3 is 2.46 bits per heavy atom. The molecule has 0 aliphatic heterocycles. The van der Waals surface area contributed by atoms with Crippen molar-refractivity contribution < 1.29 is 4.79 Å². The van der Waals surface area contributed by atoms with Crippen molar-refractivity contribution in [3.8, 4) is 0 Å². The first-order chi connectivity index (χ1) is 6.25. The van der Waals surface area contributed by atoms with Gasteiger partial charge in [0.25, 0.3) is 0 Å². The van der Waals surface area contributed by atoms with E-state index >= 15 is 0 Å². The molecule has 1 aromatic carbocycles. The van der Waals surface area contributed by atoms with Gasteiger partial charge < -0.3 is 0 Å². The normalized spacial score (nSPS) is 11.4. The van der Waals surface area contributed by atoms with Gasteiger partial charge in [-0.3, -0.25) is 4.79 Å². The fourth-order valence-corrected chi connectivity index (χ4v) is 1.22. The van der Waals surface area contributed by atoms with Crippen LogP contribution in [0.2, 0.25) is 0 Å². The predicted octanol–water partition coefficient (Wildman–Crippen LogP) is 3.23. The molecule has 0 amide bonds. The maximum atomic E-state index is 11.7. The topological polar surface area (TPSA) is 17.1 Å². The Hall–Kier alpha value is -1.37. The minimum absolute atomic E-state index is 0.127. The zero-order chi connectivity index (χ0) is 9.68. The predicted molar refractivity (Wildman–Crippen MR) is 54.8 cm³/mol. The summed E-state index contributed by atoms with van der Waals surface area (Å²) in [5, 5.41) is 0. The summed E-state index contributed by atoms with van der Waals surface area (Å²) in [4.78, 5) is 11.7. The molecule has 13 heavy (non-hydrogen) atoms. The molecule has 0 radical (unpaired) electrons. The van der Waals surface area contributed by atoms with Crippen LogP contribution >= 0.6 is 0 Å². The van der Waals surface area contributed by atoms with Crippen LogP contribution in [0.3, 0.4) is 0 Å². The smallest absolute Gasteiger partial charge is 0.188 e. The van der Waals surface area contributed by atoms with Crippen molar-refractivity contribution in [2.45, 2.75) is 20.3 Å². The summed E-state index contributed by atoms with van der Waals surface area (Å²) < 4.78 is 0. The minimum atomic E-state index is 0.127. The lowest BCUT2D eigenvalue weighted by Crippen LogP contribution is -1.99. The van der Waals surface area contributed by atoms with E-state index in [2.05, 4.69) is 0 Å². The Kier molecular flexibility index (Phi) is 3.44. The van der Waals surface area contributed by atoms with Crippen molar-refractivity contribution >= 4 is 5.78 Å². The van der Waals surface area contributed by atoms with Crippen molar-refractivity contribution in [3.05, 3.63) is 47.5 Å². The van der Waals surface area contributed by atoms with Crippen LogP contribution in [0.25, 0.3) is 0 Å². The molecule has 0 spiro atoms. The van der Waals surface area contributed by atoms with Gasteiger partial charge >= 0.3 is 0 Å². The maximum Gasteiger partial charge on any atom is 0.188 e. The lowest BCUT2D eigenvalue weighted by Gasteiger charge is -1.99. The highest BCUT2D eigenvalue weighted by atomic mass is 16.1. The monoisotopic (exact) mass is 174 g/mol. The molecule has 68 valence electrons. The van der Waals surface area contributed by atoms with Gasteiger partial charge in [-0.05, 0) is 18.9 Å². The van der Waals surface area contributed by atoms with Gasteiger partial charge in [-0.2, -0.15) is 0 Å². The molecule has 1 rings (SSSR count). The molecule has 0 saturated carbocycles. The molecule has 1 nitrogen and oxygen atoms in total. The highest BCUT2D eigenvalue weighted by Gasteiger charge is 2.05. The number of ketones is 1. The molecule has 0 aliphatic carbocycles. The Labute approximate surface area is 79.1 Å². The molecular formula is C12H14O. The van der Waals surface area contributed by atoms with Gasteiger partial charge in [0.15, 0.2) is 5.78 Å². The molecule has 0 fully saturated rings. The molecule has 0 heterocycles. The van der Waals surface area contributed by atoms with Crippen molar-refractivity contribution in [1.82, 2.24) is 0 Å². The number of allylic oxidation sites excluding steroid dienone is 2. The lowest BCUT2D eigenvalue weighted by atomic mass is 10.0. The molecule has 0 N–H and O–H groups in total. The van der Waals surface area contributed by atoms with E-state index in [0.717, 1.165) is 17.6 Å². The van der Waals surface area contributed by atoms with Crippen LogP contribution in [0, 0.1) is 0 Å². The fourth-order valence-electron chi connectivity index (χ4n) is 1.22. The molecule has 0 bridgehead atoms. The average Bonchev–Trinajstić information content (AvgIpc) is 2.18. The molecule has 0 aromatic heterocycles. The Balaban J connectivity index is 2.86. The molecule has 1 aromatic rings. The maximum absolute atomic E-state index is 11.7. The van der Waals surface area contributed by atoms with E-state index in [1.807, 2.05) is 50.3 Å². The van der Waals surface area contributed by atoms with E-state index in [-0.39, 0.29) is 5.78 Å². The van der Waals surface area contributed by atoms with Gasteiger partial charge in [-0.15, -0.1) is 0 Å². The molecular weight excluding hydrogens is 160 g/mol. The number of benzene rings is 1. The summed E-state index contributed by atoms with van der Waals surface area (Å²) in [5.74, 6) is 0.127. The quantitative estimate of drug-likeness (QED) is 0.508. The first-order valence-corrected chi connectivity index (χ1v) is 4.52. The van der Waals surface area contributed by atoms with Crippen molar-refractivity contribution in [2.75, 3.05) is 0 Å². The second kappa shape index (κ2) is 4.61. The first-order valence-electron chi connectivity index (χ1n) is 4.52. The second-order valence-electron chi connectivity index (χ2n) is 2.99. The zero-order valence-corrected chi connectivity index (χ0v) is 8.08. The van der Waals surface area contributed by atoms with Gasteiger partial charge in [-0.25, -0.2) is 0 Å². The van der Waals surface area contributed by atoms with Crippen LogP contribution in [0.1, 0.15) is 30.6 Å². The fraction of sp³-hybridized carbons (Fsp3) is 0.250.